The van der Waals surface area contributed by atoms with E-state index in [0.29, 0.717) is 17.2 Å². The molecule has 3 heterocycles. The molecule has 1 aliphatic rings. The molecule has 11 heteroatoms. The van der Waals surface area contributed by atoms with Crippen LogP contribution in [0.3, 0.4) is 0 Å². The Morgan fingerprint density at radius 1 is 1.18 bits per heavy atom. The monoisotopic (exact) mass is 454 g/mol. The number of nitrogens with zero attached hydrogens (tertiary/aromatic N) is 3. The number of morpholine rings is 1. The normalized spacial score (nSPS) is 14.6. The van der Waals surface area contributed by atoms with Gasteiger partial charge in [0.2, 0.25) is 0 Å². The van der Waals surface area contributed by atoms with Crippen LogP contribution in [0.15, 0.2) is 42.6 Å². The van der Waals surface area contributed by atoms with E-state index in [1.54, 1.807) is 0 Å². The number of rotatable bonds is 5. The number of aromatic amines is 2. The Bertz CT molecular complexity index is 1300. The number of anilines is 1. The number of quaternary nitrogens is 1. The van der Waals surface area contributed by atoms with Crippen molar-refractivity contribution in [3.63, 3.8) is 0 Å². The summed E-state index contributed by atoms with van der Waals surface area (Å²) in [6, 6.07) is 8.49. The highest BCUT2D eigenvalue weighted by atomic mass is 19.1. The standard InChI is InChI=1S/C22H21F2N7O2/c23-14-2-4-16(15(24)10-14)28-22(32)29-19-11-25-30-20(19)21-26-17-3-1-13(9-18(17)27-21)12-31-5-7-33-8-6-31/h1-4,9-11H,5-8,12H2,(H,25,30)(H,26,27)(H2,28,29,32)/p+1. The maximum atomic E-state index is 13.8. The van der Waals surface area contributed by atoms with Gasteiger partial charge in [0, 0.05) is 31.8 Å². The maximum absolute atomic E-state index is 13.8. The number of benzene rings is 2. The number of hydrogen-bond donors (Lipinski definition) is 4. The molecule has 5 N–H and O–H groups in total. The third-order valence-corrected chi connectivity index (χ3v) is 5.44. The summed E-state index contributed by atoms with van der Waals surface area (Å²) in [7, 11) is 0. The van der Waals surface area contributed by atoms with Crippen molar-refractivity contribution in [2.75, 3.05) is 31.6 Å². The molecule has 0 unspecified atom stereocenters. The second-order valence-corrected chi connectivity index (χ2v) is 7.78. The molecule has 1 aliphatic heterocycles. The van der Waals surface area contributed by atoms with Crippen molar-refractivity contribution >= 4 is 28.4 Å². The summed E-state index contributed by atoms with van der Waals surface area (Å²) in [6.45, 7) is 4.13. The summed E-state index contributed by atoms with van der Waals surface area (Å²) >= 11 is 0. The molecule has 4 aromatic rings. The molecule has 0 bridgehead atoms. The minimum absolute atomic E-state index is 0.0181. The van der Waals surface area contributed by atoms with Crippen LogP contribution in [0.2, 0.25) is 0 Å². The molecule has 9 nitrogen and oxygen atoms in total. The number of H-pyrrole nitrogens is 2. The van der Waals surface area contributed by atoms with Crippen molar-refractivity contribution < 1.29 is 23.6 Å². The molecule has 33 heavy (non-hydrogen) atoms. The van der Waals surface area contributed by atoms with Crippen LogP contribution in [-0.2, 0) is 11.3 Å². The molecule has 5 rings (SSSR count). The molecule has 170 valence electrons. The van der Waals surface area contributed by atoms with Crippen molar-refractivity contribution in [1.29, 1.82) is 0 Å². The van der Waals surface area contributed by atoms with Crippen molar-refractivity contribution in [3.8, 4) is 11.5 Å². The van der Waals surface area contributed by atoms with Gasteiger partial charge in [-0.15, -0.1) is 0 Å². The second-order valence-electron chi connectivity index (χ2n) is 7.78. The number of hydrogen-bond acceptors (Lipinski definition) is 5. The third-order valence-electron chi connectivity index (χ3n) is 5.44. The second kappa shape index (κ2) is 9.06. The quantitative estimate of drug-likeness (QED) is 0.346. The largest absolute Gasteiger partial charge is 0.422 e. The Labute approximate surface area is 187 Å². The molecule has 0 atom stereocenters. The zero-order valence-corrected chi connectivity index (χ0v) is 17.6. The summed E-state index contributed by atoms with van der Waals surface area (Å²) in [5.41, 5.74) is 3.66. The first kappa shape index (κ1) is 21.2. The van der Waals surface area contributed by atoms with Gasteiger partial charge in [-0.05, 0) is 23.8 Å². The van der Waals surface area contributed by atoms with E-state index in [2.05, 4.69) is 36.4 Å². The number of fused-ring (bicyclic) bond motifs is 1. The number of nitrogens with one attached hydrogen (secondary N) is 3. The van der Waals surface area contributed by atoms with E-state index in [4.69, 9.17) is 4.74 Å². The molecule has 0 aliphatic carbocycles. The number of carbonyl (C=O) groups excluding carboxylic acids is 1. The first-order valence-electron chi connectivity index (χ1n) is 10.5. The van der Waals surface area contributed by atoms with Crippen LogP contribution in [0.25, 0.3) is 22.6 Å². The predicted octanol–water partition coefficient (Wildman–Crippen LogP) is 2.49. The lowest BCUT2D eigenvalue weighted by atomic mass is 10.2. The first-order valence-corrected chi connectivity index (χ1v) is 10.5. The fourth-order valence-corrected chi connectivity index (χ4v) is 3.78. The molecule has 2 aromatic carbocycles. The number of halogens is 2. The highest BCUT2D eigenvalue weighted by molar-refractivity contribution is 5.89. The lowest BCUT2D eigenvalue weighted by Gasteiger charge is -2.26. The summed E-state index contributed by atoms with van der Waals surface area (Å²) in [5.74, 6) is -1.02. The van der Waals surface area contributed by atoms with E-state index < -0.39 is 17.7 Å². The Kier molecular flexibility index (Phi) is 5.82. The minimum Gasteiger partial charge on any atom is -0.379 e. The SMILES string of the molecule is O=C(Nc1cn[nH]c1-c1nc2ccc(CN3CCOCC3)cc2[nH]1)[NH2+]c1ccc(F)cc1F. The Hall–Kier alpha value is -3.67. The maximum Gasteiger partial charge on any atom is 0.422 e. The van der Waals surface area contributed by atoms with E-state index in [0.717, 1.165) is 66.9 Å². The molecule has 0 radical (unpaired) electrons. The van der Waals surface area contributed by atoms with E-state index in [-0.39, 0.29) is 5.69 Å². The average molecular weight is 454 g/mol. The van der Waals surface area contributed by atoms with Gasteiger partial charge in [0.15, 0.2) is 17.3 Å². The van der Waals surface area contributed by atoms with E-state index in [9.17, 15) is 13.6 Å². The summed E-state index contributed by atoms with van der Waals surface area (Å²) in [6.07, 6.45) is 1.44. The Morgan fingerprint density at radius 3 is 2.85 bits per heavy atom. The van der Waals surface area contributed by atoms with Crippen molar-refractivity contribution in [2.24, 2.45) is 0 Å². The first-order chi connectivity index (χ1) is 16.0. The van der Waals surface area contributed by atoms with Gasteiger partial charge in [0.05, 0.1) is 36.1 Å². The fraction of sp³-hybridized carbons (Fsp3) is 0.227. The highest BCUT2D eigenvalue weighted by Gasteiger charge is 2.19. The third kappa shape index (κ3) is 4.75. The molecule has 0 spiro atoms. The number of urea groups is 1. The number of aromatic nitrogens is 4. The van der Waals surface area contributed by atoms with E-state index in [1.807, 2.05) is 12.1 Å². The van der Waals surface area contributed by atoms with Crippen LogP contribution in [0.1, 0.15) is 5.56 Å². The number of carbonyl (C=O) groups is 1. The lowest BCUT2D eigenvalue weighted by molar-refractivity contribution is -0.461. The van der Waals surface area contributed by atoms with Crippen molar-refractivity contribution in [2.45, 2.75) is 6.54 Å². The van der Waals surface area contributed by atoms with Crippen LogP contribution in [0, 0.1) is 11.6 Å². The van der Waals surface area contributed by atoms with Gasteiger partial charge in [-0.3, -0.25) is 15.3 Å². The average Bonchev–Trinajstić information content (AvgIpc) is 3.42. The lowest BCUT2D eigenvalue weighted by Crippen LogP contribution is -2.84. The van der Waals surface area contributed by atoms with Crippen LogP contribution >= 0.6 is 0 Å². The molecular formula is C22H22F2N7O2+. The summed E-state index contributed by atoms with van der Waals surface area (Å²) in [5, 5.41) is 10.6. The number of amides is 2. The molecule has 2 aromatic heterocycles. The predicted molar refractivity (Wildman–Crippen MR) is 117 cm³/mol. The van der Waals surface area contributed by atoms with Crippen molar-refractivity contribution in [3.05, 3.63) is 59.8 Å². The zero-order chi connectivity index (χ0) is 22.8. The number of imidazole rings is 1. The van der Waals surface area contributed by atoms with E-state index >= 15 is 0 Å². The molecule has 1 fully saturated rings. The number of ether oxygens (including phenoxy) is 1. The van der Waals surface area contributed by atoms with Gasteiger partial charge < -0.3 is 9.72 Å². The molecule has 1 saturated heterocycles. The van der Waals surface area contributed by atoms with Crippen LogP contribution < -0.4 is 10.6 Å². The number of primary amides is 1. The van der Waals surface area contributed by atoms with Crippen LogP contribution in [0.5, 0.6) is 0 Å². The minimum atomic E-state index is -0.817. The molecular weight excluding hydrogens is 432 g/mol. The number of nitrogens with two attached hydrogens (primary N) is 1. The summed E-state index contributed by atoms with van der Waals surface area (Å²) in [4.78, 5) is 22.6. The molecule has 0 saturated carbocycles. The Morgan fingerprint density at radius 2 is 2.03 bits per heavy atom. The topological polar surface area (TPSA) is 116 Å². The highest BCUT2D eigenvalue weighted by Crippen LogP contribution is 2.26. The van der Waals surface area contributed by atoms with Crippen LogP contribution in [-0.4, -0.2) is 57.4 Å². The van der Waals surface area contributed by atoms with Gasteiger partial charge in [-0.25, -0.2) is 23.9 Å². The van der Waals surface area contributed by atoms with Gasteiger partial charge in [0.25, 0.3) is 0 Å². The van der Waals surface area contributed by atoms with E-state index in [1.165, 1.54) is 12.3 Å². The Balaban J connectivity index is 1.32. The van der Waals surface area contributed by atoms with Gasteiger partial charge in [0.1, 0.15) is 11.5 Å². The van der Waals surface area contributed by atoms with Crippen LogP contribution in [0.4, 0.5) is 25.0 Å². The summed E-state index contributed by atoms with van der Waals surface area (Å²) < 4.78 is 32.3. The van der Waals surface area contributed by atoms with Gasteiger partial charge in [-0.1, -0.05) is 6.07 Å². The smallest absolute Gasteiger partial charge is 0.379 e. The van der Waals surface area contributed by atoms with Gasteiger partial charge >= 0.3 is 6.03 Å². The van der Waals surface area contributed by atoms with Gasteiger partial charge in [-0.2, -0.15) is 5.10 Å². The molecule has 2 amide bonds. The fourth-order valence-electron chi connectivity index (χ4n) is 3.78. The zero-order valence-electron chi connectivity index (χ0n) is 17.6. The van der Waals surface area contributed by atoms with Crippen molar-refractivity contribution in [1.82, 2.24) is 25.1 Å².